The maximum atomic E-state index is 14.9. The average molecular weight is 933 g/mol. The van der Waals surface area contributed by atoms with Crippen LogP contribution >= 0.6 is 0 Å². The molecular formula is C63H35F3N6. The Morgan fingerprint density at radius 3 is 1.33 bits per heavy atom. The second-order valence-corrected chi connectivity index (χ2v) is 18.2. The lowest BCUT2D eigenvalue weighted by molar-refractivity contribution is -0.137. The first-order valence-electron chi connectivity index (χ1n) is 23.5. The molecule has 9 heteroatoms. The average Bonchev–Trinajstić information content (AvgIpc) is 4.16. The van der Waals surface area contributed by atoms with E-state index in [1.54, 1.807) is 0 Å². The number of nitriles is 2. The topological polar surface area (TPSA) is 67.3 Å². The minimum atomic E-state index is -4.76. The van der Waals surface area contributed by atoms with E-state index >= 15 is 0 Å². The van der Waals surface area contributed by atoms with Crippen LogP contribution in [0.1, 0.15) is 16.7 Å². The summed E-state index contributed by atoms with van der Waals surface area (Å²) in [6, 6.07) is 73.4. The first-order valence-corrected chi connectivity index (χ1v) is 23.5. The predicted molar refractivity (Wildman–Crippen MR) is 284 cm³/mol. The summed E-state index contributed by atoms with van der Waals surface area (Å²) in [5, 5.41) is 30.0. The normalized spacial score (nSPS) is 12.1. The zero-order valence-corrected chi connectivity index (χ0v) is 38.0. The molecule has 0 radical (unpaired) electrons. The van der Waals surface area contributed by atoms with Gasteiger partial charge in [0.25, 0.3) is 0 Å². The number of fused-ring (bicyclic) bond motifs is 14. The van der Waals surface area contributed by atoms with Crippen molar-refractivity contribution in [1.29, 1.82) is 10.5 Å². The van der Waals surface area contributed by atoms with Crippen LogP contribution in [0.3, 0.4) is 0 Å². The molecule has 338 valence electrons. The number of nitrogens with zero attached hydrogens (tertiary/aromatic N) is 6. The van der Waals surface area contributed by atoms with Gasteiger partial charge in [0.05, 0.1) is 72.7 Å². The third kappa shape index (κ3) is 5.76. The molecule has 0 fully saturated rings. The van der Waals surface area contributed by atoms with Crippen molar-refractivity contribution in [3.63, 3.8) is 0 Å². The van der Waals surface area contributed by atoms with E-state index < -0.39 is 11.7 Å². The molecule has 72 heavy (non-hydrogen) atoms. The van der Waals surface area contributed by atoms with Crippen LogP contribution in [-0.2, 0) is 6.18 Å². The quantitative estimate of drug-likeness (QED) is 0.173. The van der Waals surface area contributed by atoms with E-state index in [2.05, 4.69) is 115 Å². The Bertz CT molecular complexity index is 4690. The van der Waals surface area contributed by atoms with Crippen LogP contribution in [0.4, 0.5) is 13.2 Å². The van der Waals surface area contributed by atoms with E-state index in [-0.39, 0.29) is 16.7 Å². The maximum Gasteiger partial charge on any atom is 0.416 e. The highest BCUT2D eigenvalue weighted by molar-refractivity contribution is 6.28. The molecule has 0 saturated carbocycles. The van der Waals surface area contributed by atoms with E-state index in [0.29, 0.717) is 16.9 Å². The summed E-state index contributed by atoms with van der Waals surface area (Å²) < 4.78 is 53.5. The minimum Gasteiger partial charge on any atom is -0.309 e. The molecule has 4 aromatic heterocycles. The fourth-order valence-corrected chi connectivity index (χ4v) is 11.6. The van der Waals surface area contributed by atoms with Gasteiger partial charge in [0.2, 0.25) is 0 Å². The van der Waals surface area contributed by atoms with Crippen LogP contribution in [-0.4, -0.2) is 18.3 Å². The van der Waals surface area contributed by atoms with E-state index in [9.17, 15) is 23.7 Å². The molecule has 0 aliphatic rings. The van der Waals surface area contributed by atoms with Crippen molar-refractivity contribution >= 4 is 87.2 Å². The summed E-state index contributed by atoms with van der Waals surface area (Å²) in [6.07, 6.45) is -4.76. The lowest BCUT2D eigenvalue weighted by atomic mass is 9.95. The zero-order valence-electron chi connectivity index (χ0n) is 38.0. The van der Waals surface area contributed by atoms with Crippen LogP contribution in [0.25, 0.3) is 121 Å². The summed E-state index contributed by atoms with van der Waals surface area (Å²) in [7, 11) is 0. The molecule has 4 heterocycles. The predicted octanol–water partition coefficient (Wildman–Crippen LogP) is 16.5. The Balaban J connectivity index is 1.20. The summed E-state index contributed by atoms with van der Waals surface area (Å²) >= 11 is 0. The van der Waals surface area contributed by atoms with Crippen molar-refractivity contribution in [1.82, 2.24) is 18.3 Å². The number of rotatable bonds is 5. The van der Waals surface area contributed by atoms with Crippen LogP contribution in [0.5, 0.6) is 0 Å². The van der Waals surface area contributed by atoms with Crippen molar-refractivity contribution in [2.75, 3.05) is 0 Å². The molecule has 0 amide bonds. The smallest absolute Gasteiger partial charge is 0.309 e. The van der Waals surface area contributed by atoms with Crippen LogP contribution in [0.15, 0.2) is 212 Å². The molecular weight excluding hydrogens is 898 g/mol. The highest BCUT2D eigenvalue weighted by Gasteiger charge is 2.33. The number of hydrogen-bond acceptors (Lipinski definition) is 2. The lowest BCUT2D eigenvalue weighted by Crippen LogP contribution is -2.08. The molecule has 10 aromatic carbocycles. The SMILES string of the molecule is N#Cc1cc(-c2ccc(-n3c4ccccc4c4ccc5c(c6ccccc6n5-c5ccccc5)c43)c(C#N)c2-n2c3ccccc3c3ccc4c(c5ccccc5n4-c4ccccc4)c32)cc(C(F)(F)F)c1. The van der Waals surface area contributed by atoms with E-state index in [1.165, 1.54) is 6.07 Å². The van der Waals surface area contributed by atoms with E-state index in [4.69, 9.17) is 0 Å². The molecule has 0 aliphatic heterocycles. The number of hydrogen-bond donors (Lipinski definition) is 0. The van der Waals surface area contributed by atoms with Crippen molar-refractivity contribution in [2.24, 2.45) is 0 Å². The van der Waals surface area contributed by atoms with Gasteiger partial charge in [0.15, 0.2) is 0 Å². The summed E-state index contributed by atoms with van der Waals surface area (Å²) in [6.45, 7) is 0. The number of benzene rings is 10. The van der Waals surface area contributed by atoms with E-state index in [0.717, 1.165) is 111 Å². The monoisotopic (exact) mass is 932 g/mol. The van der Waals surface area contributed by atoms with Gasteiger partial charge in [0.1, 0.15) is 11.6 Å². The zero-order chi connectivity index (χ0) is 48.4. The number of para-hydroxylation sites is 6. The van der Waals surface area contributed by atoms with Crippen molar-refractivity contribution in [3.05, 3.63) is 229 Å². The Hall–Kier alpha value is -9.83. The molecule has 0 saturated heterocycles. The van der Waals surface area contributed by atoms with Gasteiger partial charge < -0.3 is 18.3 Å². The second-order valence-electron chi connectivity index (χ2n) is 18.2. The first-order chi connectivity index (χ1) is 35.3. The van der Waals surface area contributed by atoms with Crippen molar-refractivity contribution < 1.29 is 13.2 Å². The Morgan fingerprint density at radius 1 is 0.375 bits per heavy atom. The van der Waals surface area contributed by atoms with Gasteiger partial charge in [-0.15, -0.1) is 0 Å². The van der Waals surface area contributed by atoms with Gasteiger partial charge in [-0.05, 0) is 90.5 Å². The van der Waals surface area contributed by atoms with Crippen LogP contribution in [0, 0.1) is 22.7 Å². The highest BCUT2D eigenvalue weighted by atomic mass is 19.4. The molecule has 0 spiro atoms. The standard InChI is InChI=1S/C63H35F3N6/c64-63(65,66)40-34-38(36-67)33-39(35-40)43-27-30-55(71-51-23-11-7-19-44(51)46-28-31-56-58(61(46)71)48-21-9-13-25-53(48)69(56)41-15-3-1-4-16-41)50(37-68)60(43)72-52-24-12-8-20-45(52)47-29-32-57-59(62(47)72)49-22-10-14-26-54(49)70(57)42-17-5-2-6-18-42/h1-35H. The van der Waals surface area contributed by atoms with Gasteiger partial charge in [0, 0.05) is 60.0 Å². The van der Waals surface area contributed by atoms with Crippen LogP contribution < -0.4 is 0 Å². The molecule has 14 rings (SSSR count). The van der Waals surface area contributed by atoms with Crippen molar-refractivity contribution in [2.45, 2.75) is 6.18 Å². The minimum absolute atomic E-state index is 0.150. The highest BCUT2D eigenvalue weighted by Crippen LogP contribution is 2.48. The van der Waals surface area contributed by atoms with E-state index in [1.807, 2.05) is 109 Å². The number of alkyl halides is 3. The third-order valence-electron chi connectivity index (χ3n) is 14.4. The first kappa shape index (κ1) is 41.2. The molecule has 0 aliphatic carbocycles. The fourth-order valence-electron chi connectivity index (χ4n) is 11.6. The fraction of sp³-hybridized carbons (Fsp3) is 0.0159. The third-order valence-corrected chi connectivity index (χ3v) is 14.4. The molecule has 6 nitrogen and oxygen atoms in total. The summed E-state index contributed by atoms with van der Waals surface area (Å²) in [5.74, 6) is 0. The van der Waals surface area contributed by atoms with Gasteiger partial charge in [-0.1, -0.05) is 127 Å². The molecule has 0 atom stereocenters. The number of aromatic nitrogens is 4. The van der Waals surface area contributed by atoms with Gasteiger partial charge >= 0.3 is 6.18 Å². The molecule has 0 unspecified atom stereocenters. The molecule has 14 aromatic rings. The lowest BCUT2D eigenvalue weighted by Gasteiger charge is -2.21. The maximum absolute atomic E-state index is 14.9. The number of halogens is 3. The van der Waals surface area contributed by atoms with Gasteiger partial charge in [-0.3, -0.25) is 0 Å². The largest absolute Gasteiger partial charge is 0.416 e. The van der Waals surface area contributed by atoms with Gasteiger partial charge in [-0.2, -0.15) is 23.7 Å². The molecule has 0 bridgehead atoms. The Kier molecular flexibility index (Phi) is 8.77. The Labute approximate surface area is 408 Å². The molecule has 0 N–H and O–H groups in total. The Morgan fingerprint density at radius 2 is 0.833 bits per heavy atom. The van der Waals surface area contributed by atoms with Crippen LogP contribution in [0.2, 0.25) is 0 Å². The second kappa shape index (κ2) is 15.3. The summed E-state index contributed by atoms with van der Waals surface area (Å²) in [5.41, 5.74) is 9.70. The van der Waals surface area contributed by atoms with Gasteiger partial charge in [-0.25, -0.2) is 0 Å². The van der Waals surface area contributed by atoms with Crippen molar-refractivity contribution in [3.8, 4) is 46.0 Å². The summed E-state index contributed by atoms with van der Waals surface area (Å²) in [4.78, 5) is 0.